The van der Waals surface area contributed by atoms with Gasteiger partial charge in [-0.3, -0.25) is 0 Å². The number of nitrogens with zero attached hydrogens (tertiary/aromatic N) is 1. The zero-order chi connectivity index (χ0) is 10.8. The molecule has 0 fully saturated rings. The van der Waals surface area contributed by atoms with Crippen LogP contribution in [0.1, 0.15) is 55.2 Å². The first-order valence-corrected chi connectivity index (χ1v) is 6.73. The molecule has 1 aliphatic rings. The van der Waals surface area contributed by atoms with Crippen LogP contribution in [-0.4, -0.2) is 11.0 Å². The highest BCUT2D eigenvalue weighted by atomic mass is 32.1. The van der Waals surface area contributed by atoms with Gasteiger partial charge in [0.2, 0.25) is 0 Å². The van der Waals surface area contributed by atoms with Gasteiger partial charge in [0.15, 0.2) is 0 Å². The molecule has 1 N–H and O–H groups in total. The molecule has 3 heteroatoms. The molecule has 2 rings (SSSR count). The average Bonchev–Trinajstić information content (AvgIpc) is 2.59. The van der Waals surface area contributed by atoms with Crippen LogP contribution in [0.15, 0.2) is 0 Å². The Hall–Kier alpha value is -0.410. The molecule has 2 nitrogen and oxygen atoms in total. The number of aromatic nitrogens is 1. The lowest BCUT2D eigenvalue weighted by molar-refractivity contribution is 0.503. The maximum atomic E-state index is 4.76. The van der Waals surface area contributed by atoms with E-state index in [1.54, 1.807) is 0 Å². The maximum absolute atomic E-state index is 4.76. The van der Waals surface area contributed by atoms with Gasteiger partial charge in [-0.15, -0.1) is 11.3 Å². The van der Waals surface area contributed by atoms with E-state index in [2.05, 4.69) is 26.1 Å². The highest BCUT2D eigenvalue weighted by molar-refractivity contribution is 7.11. The molecule has 1 unspecified atom stereocenters. The van der Waals surface area contributed by atoms with E-state index in [-0.39, 0.29) is 0 Å². The van der Waals surface area contributed by atoms with Crippen LogP contribution in [0.5, 0.6) is 0 Å². The summed E-state index contributed by atoms with van der Waals surface area (Å²) in [6, 6.07) is 0.932. The van der Waals surface area contributed by atoms with Crippen molar-refractivity contribution >= 4 is 11.3 Å². The lowest BCUT2D eigenvalue weighted by atomic mass is 10.0. The number of fused-ring (bicyclic) bond motifs is 1. The summed E-state index contributed by atoms with van der Waals surface area (Å²) in [7, 11) is 0. The zero-order valence-corrected chi connectivity index (χ0v) is 10.7. The fourth-order valence-electron chi connectivity index (χ4n) is 2.13. The van der Waals surface area contributed by atoms with Gasteiger partial charge in [0.05, 0.1) is 11.7 Å². The van der Waals surface area contributed by atoms with Crippen molar-refractivity contribution in [3.63, 3.8) is 0 Å². The summed E-state index contributed by atoms with van der Waals surface area (Å²) in [6.45, 7) is 6.58. The van der Waals surface area contributed by atoms with Gasteiger partial charge in [-0.25, -0.2) is 4.98 Å². The van der Waals surface area contributed by atoms with Crippen molar-refractivity contribution in [2.75, 3.05) is 0 Å². The lowest BCUT2D eigenvalue weighted by Crippen LogP contribution is -2.25. The summed E-state index contributed by atoms with van der Waals surface area (Å²) in [4.78, 5) is 6.30. The van der Waals surface area contributed by atoms with Crippen molar-refractivity contribution in [1.29, 1.82) is 0 Å². The molecule has 15 heavy (non-hydrogen) atoms. The van der Waals surface area contributed by atoms with Crippen molar-refractivity contribution in [3.8, 4) is 0 Å². The molecule has 1 atom stereocenters. The molecule has 1 aromatic heterocycles. The van der Waals surface area contributed by atoms with Gasteiger partial charge in [0.25, 0.3) is 0 Å². The fourth-order valence-corrected chi connectivity index (χ4v) is 3.29. The van der Waals surface area contributed by atoms with E-state index in [4.69, 9.17) is 4.98 Å². The Morgan fingerprint density at radius 1 is 1.20 bits per heavy atom. The quantitative estimate of drug-likeness (QED) is 0.853. The van der Waals surface area contributed by atoms with Crippen LogP contribution in [0, 0.1) is 0 Å². The van der Waals surface area contributed by atoms with E-state index in [0.717, 1.165) is 0 Å². The van der Waals surface area contributed by atoms with Crippen molar-refractivity contribution in [2.24, 2.45) is 0 Å². The van der Waals surface area contributed by atoms with Gasteiger partial charge < -0.3 is 5.32 Å². The molecule has 0 radical (unpaired) electrons. The predicted molar refractivity (Wildman–Crippen MR) is 65.4 cm³/mol. The summed E-state index contributed by atoms with van der Waals surface area (Å²) in [5.41, 5.74) is 1.37. The van der Waals surface area contributed by atoms with Gasteiger partial charge >= 0.3 is 0 Å². The molecule has 0 aromatic carbocycles. The number of thiazole rings is 1. The number of aryl methyl sites for hydroxylation is 2. The van der Waals surface area contributed by atoms with Crippen LogP contribution in [0.4, 0.5) is 0 Å². The normalized spacial score (nSPS) is 17.9. The SMILES string of the molecule is CC(C)NC(C)c1nc2c(s1)CCCC2. The second-order valence-corrected chi connectivity index (χ2v) is 5.79. The van der Waals surface area contributed by atoms with Crippen molar-refractivity contribution < 1.29 is 0 Å². The Balaban J connectivity index is 2.11. The Labute approximate surface area is 96.1 Å². The molecule has 0 bridgehead atoms. The van der Waals surface area contributed by atoms with Crippen LogP contribution < -0.4 is 5.32 Å². The summed E-state index contributed by atoms with van der Waals surface area (Å²) < 4.78 is 0. The third-order valence-electron chi connectivity index (χ3n) is 2.82. The highest BCUT2D eigenvalue weighted by Crippen LogP contribution is 2.29. The van der Waals surface area contributed by atoms with Crippen LogP contribution in [-0.2, 0) is 12.8 Å². The number of rotatable bonds is 3. The van der Waals surface area contributed by atoms with Crippen LogP contribution in [0.25, 0.3) is 0 Å². The zero-order valence-electron chi connectivity index (χ0n) is 9.84. The molecule has 1 aliphatic carbocycles. The van der Waals surface area contributed by atoms with Crippen LogP contribution >= 0.6 is 11.3 Å². The molecule has 0 saturated carbocycles. The van der Waals surface area contributed by atoms with Crippen LogP contribution in [0.3, 0.4) is 0 Å². The van der Waals surface area contributed by atoms with E-state index in [1.165, 1.54) is 41.3 Å². The summed E-state index contributed by atoms with van der Waals surface area (Å²) in [5.74, 6) is 0. The fraction of sp³-hybridized carbons (Fsp3) is 0.750. The second-order valence-electron chi connectivity index (χ2n) is 4.67. The molecule has 0 spiro atoms. The van der Waals surface area contributed by atoms with Gasteiger partial charge in [0.1, 0.15) is 5.01 Å². The summed E-state index contributed by atoms with van der Waals surface area (Å²) in [5, 5.41) is 4.79. The molecular weight excluding hydrogens is 204 g/mol. The first-order chi connectivity index (χ1) is 7.16. The van der Waals surface area contributed by atoms with Crippen molar-refractivity contribution in [2.45, 2.75) is 58.5 Å². The number of hydrogen-bond acceptors (Lipinski definition) is 3. The second kappa shape index (κ2) is 4.62. The van der Waals surface area contributed by atoms with Gasteiger partial charge in [0, 0.05) is 10.9 Å². The number of nitrogens with one attached hydrogen (secondary N) is 1. The maximum Gasteiger partial charge on any atom is 0.110 e. The minimum atomic E-state index is 0.403. The minimum absolute atomic E-state index is 0.403. The Morgan fingerprint density at radius 2 is 1.93 bits per heavy atom. The van der Waals surface area contributed by atoms with E-state index in [9.17, 15) is 0 Å². The lowest BCUT2D eigenvalue weighted by Gasteiger charge is -2.13. The largest absolute Gasteiger partial charge is 0.306 e. The van der Waals surface area contributed by atoms with Gasteiger partial charge in [-0.2, -0.15) is 0 Å². The minimum Gasteiger partial charge on any atom is -0.306 e. The Kier molecular flexibility index (Phi) is 3.42. The van der Waals surface area contributed by atoms with E-state index >= 15 is 0 Å². The predicted octanol–water partition coefficient (Wildman–Crippen LogP) is 3.08. The molecule has 84 valence electrons. The molecule has 0 aliphatic heterocycles. The van der Waals surface area contributed by atoms with E-state index in [1.807, 2.05) is 11.3 Å². The van der Waals surface area contributed by atoms with Crippen LogP contribution in [0.2, 0.25) is 0 Å². The third-order valence-corrected chi connectivity index (χ3v) is 4.16. The van der Waals surface area contributed by atoms with Gasteiger partial charge in [-0.1, -0.05) is 13.8 Å². The van der Waals surface area contributed by atoms with E-state index < -0.39 is 0 Å². The van der Waals surface area contributed by atoms with Gasteiger partial charge in [-0.05, 0) is 32.6 Å². The first-order valence-electron chi connectivity index (χ1n) is 5.91. The molecule has 1 aromatic rings. The summed E-state index contributed by atoms with van der Waals surface area (Å²) in [6.07, 6.45) is 5.12. The smallest absolute Gasteiger partial charge is 0.110 e. The molecule has 1 heterocycles. The standard InChI is InChI=1S/C12H20N2S/c1-8(2)13-9(3)12-14-10-6-4-5-7-11(10)15-12/h8-9,13H,4-7H2,1-3H3. The Morgan fingerprint density at radius 3 is 2.60 bits per heavy atom. The van der Waals surface area contributed by atoms with Crippen molar-refractivity contribution in [1.82, 2.24) is 10.3 Å². The monoisotopic (exact) mass is 224 g/mol. The first kappa shape index (κ1) is 11.1. The molecular formula is C12H20N2S. The molecule has 0 amide bonds. The number of hydrogen-bond donors (Lipinski definition) is 1. The Bertz CT molecular complexity index is 307. The molecule has 0 saturated heterocycles. The topological polar surface area (TPSA) is 24.9 Å². The van der Waals surface area contributed by atoms with Crippen molar-refractivity contribution in [3.05, 3.63) is 15.6 Å². The third kappa shape index (κ3) is 2.58. The summed E-state index contributed by atoms with van der Waals surface area (Å²) >= 11 is 1.91. The van der Waals surface area contributed by atoms with E-state index in [0.29, 0.717) is 12.1 Å². The average molecular weight is 224 g/mol. The highest BCUT2D eigenvalue weighted by Gasteiger charge is 2.18.